The van der Waals surface area contributed by atoms with E-state index in [1.165, 1.54) is 0 Å². The van der Waals surface area contributed by atoms with Gasteiger partial charge in [0.25, 0.3) is 11.8 Å². The molecule has 0 aliphatic carbocycles. The van der Waals surface area contributed by atoms with E-state index in [1.807, 2.05) is 36.4 Å². The summed E-state index contributed by atoms with van der Waals surface area (Å²) in [6.07, 6.45) is 1.62. The number of thioether (sulfide) groups is 1. The highest BCUT2D eigenvalue weighted by molar-refractivity contribution is 9.10. The zero-order valence-corrected chi connectivity index (χ0v) is 18.0. The molecule has 2 aromatic carbocycles. The lowest BCUT2D eigenvalue weighted by molar-refractivity contribution is -0.123. The molecule has 0 atom stereocenters. The van der Waals surface area contributed by atoms with Gasteiger partial charge in [-0.15, -0.1) is 0 Å². The van der Waals surface area contributed by atoms with Crippen LogP contribution in [0.1, 0.15) is 16.1 Å². The van der Waals surface area contributed by atoms with Crippen LogP contribution in [0.3, 0.4) is 0 Å². The third kappa shape index (κ3) is 4.34. The van der Waals surface area contributed by atoms with Crippen molar-refractivity contribution in [2.24, 2.45) is 0 Å². The molecule has 2 amide bonds. The molecule has 0 saturated carbocycles. The summed E-state index contributed by atoms with van der Waals surface area (Å²) < 4.78 is 7.07. The molecule has 2 heterocycles. The second kappa shape index (κ2) is 8.36. The van der Waals surface area contributed by atoms with E-state index in [-0.39, 0.29) is 4.32 Å². The van der Waals surface area contributed by atoms with Crippen LogP contribution in [0.4, 0.5) is 0 Å². The minimum atomic E-state index is -0.404. The van der Waals surface area contributed by atoms with Crippen LogP contribution in [0.25, 0.3) is 17.4 Å². The fourth-order valence-electron chi connectivity index (χ4n) is 2.65. The van der Waals surface area contributed by atoms with Gasteiger partial charge in [-0.1, -0.05) is 58.0 Å². The molecule has 29 heavy (non-hydrogen) atoms. The lowest BCUT2D eigenvalue weighted by atomic mass is 10.2. The summed E-state index contributed by atoms with van der Waals surface area (Å²) in [6.45, 7) is 0. The molecule has 4 rings (SSSR count). The third-order valence-corrected chi connectivity index (χ3v) is 5.90. The lowest BCUT2D eigenvalue weighted by Gasteiger charge is -2.15. The molecule has 1 N–H and O–H groups in total. The van der Waals surface area contributed by atoms with E-state index in [9.17, 15) is 9.59 Å². The number of hydrogen-bond donors (Lipinski definition) is 1. The van der Waals surface area contributed by atoms with E-state index >= 15 is 0 Å². The summed E-state index contributed by atoms with van der Waals surface area (Å²) in [4.78, 5) is 25.4. The zero-order chi connectivity index (χ0) is 20.4. The van der Waals surface area contributed by atoms with Crippen LogP contribution in [0.15, 0.2) is 80.5 Å². The summed E-state index contributed by atoms with van der Waals surface area (Å²) in [5.41, 5.74) is 3.92. The molecule has 0 spiro atoms. The fourth-order valence-corrected chi connectivity index (χ4v) is 4.07. The maximum Gasteiger partial charge on any atom is 0.285 e. The average molecular weight is 485 g/mol. The Morgan fingerprint density at radius 2 is 1.79 bits per heavy atom. The molecule has 1 aliphatic heterocycles. The first-order valence-corrected chi connectivity index (χ1v) is 10.5. The Kier molecular flexibility index (Phi) is 5.66. The largest absolute Gasteiger partial charge is 0.457 e. The number of thiocarbonyl (C=S) groups is 1. The second-order valence-corrected chi connectivity index (χ2v) is 8.62. The first-order valence-electron chi connectivity index (χ1n) is 8.51. The van der Waals surface area contributed by atoms with Crippen LogP contribution < -0.4 is 5.43 Å². The van der Waals surface area contributed by atoms with Crippen molar-refractivity contribution < 1.29 is 14.0 Å². The molecule has 0 radical (unpaired) electrons. The van der Waals surface area contributed by atoms with Gasteiger partial charge in [-0.2, -0.15) is 5.01 Å². The molecule has 1 saturated heterocycles. The first-order chi connectivity index (χ1) is 14.0. The standard InChI is InChI=1S/C21H13BrN2O3S2/c22-15-8-6-13(7-9-15)17-11-10-16(27-17)12-18-20(26)24(21(28)29-18)23-19(25)14-4-2-1-3-5-14/h1-12H,(H,23,25)/b18-12+. The number of nitrogens with zero attached hydrogens (tertiary/aromatic N) is 1. The lowest BCUT2D eigenvalue weighted by Crippen LogP contribution is -2.44. The van der Waals surface area contributed by atoms with Gasteiger partial charge in [-0.05, 0) is 48.6 Å². The predicted octanol–water partition coefficient (Wildman–Crippen LogP) is 5.26. The Morgan fingerprint density at radius 3 is 2.52 bits per heavy atom. The average Bonchev–Trinajstić information content (AvgIpc) is 3.29. The number of halogens is 1. The third-order valence-electron chi connectivity index (χ3n) is 4.07. The molecule has 0 bridgehead atoms. The van der Waals surface area contributed by atoms with Crippen molar-refractivity contribution in [2.45, 2.75) is 0 Å². The highest BCUT2D eigenvalue weighted by Gasteiger charge is 2.34. The molecular formula is C21H13BrN2O3S2. The van der Waals surface area contributed by atoms with E-state index in [0.717, 1.165) is 26.8 Å². The maximum absolute atomic E-state index is 12.7. The van der Waals surface area contributed by atoms with Gasteiger partial charge in [-0.25, -0.2) is 0 Å². The van der Waals surface area contributed by atoms with Gasteiger partial charge < -0.3 is 4.42 Å². The highest BCUT2D eigenvalue weighted by atomic mass is 79.9. The second-order valence-electron chi connectivity index (χ2n) is 6.03. The molecular weight excluding hydrogens is 472 g/mol. The van der Waals surface area contributed by atoms with Crippen molar-refractivity contribution >= 4 is 62.1 Å². The topological polar surface area (TPSA) is 62.6 Å². The number of carbonyl (C=O) groups excluding carboxylic acids is 2. The van der Waals surface area contributed by atoms with Gasteiger partial charge >= 0.3 is 0 Å². The SMILES string of the molecule is O=C(NN1C(=O)/C(=C\c2ccc(-c3ccc(Br)cc3)o2)SC1=S)c1ccccc1. The van der Waals surface area contributed by atoms with Crippen molar-refractivity contribution in [1.29, 1.82) is 0 Å². The number of nitrogens with one attached hydrogen (secondary N) is 1. The predicted molar refractivity (Wildman–Crippen MR) is 121 cm³/mol. The molecule has 1 aliphatic rings. The van der Waals surface area contributed by atoms with E-state index in [2.05, 4.69) is 21.4 Å². The molecule has 1 fully saturated rings. The molecule has 8 heteroatoms. The molecule has 3 aromatic rings. The van der Waals surface area contributed by atoms with Crippen molar-refractivity contribution in [2.75, 3.05) is 0 Å². The van der Waals surface area contributed by atoms with Gasteiger partial charge in [0.05, 0.1) is 4.91 Å². The number of amides is 2. The van der Waals surface area contributed by atoms with Crippen LogP contribution >= 0.6 is 39.9 Å². The first kappa shape index (κ1) is 19.6. The van der Waals surface area contributed by atoms with Crippen LogP contribution in [-0.4, -0.2) is 21.1 Å². The van der Waals surface area contributed by atoms with E-state index in [0.29, 0.717) is 22.0 Å². The Balaban J connectivity index is 1.50. The van der Waals surface area contributed by atoms with Gasteiger partial charge in [0.15, 0.2) is 4.32 Å². The Hall–Kier alpha value is -2.68. The van der Waals surface area contributed by atoms with Crippen molar-refractivity contribution in [3.63, 3.8) is 0 Å². The number of benzene rings is 2. The zero-order valence-electron chi connectivity index (χ0n) is 14.8. The normalized spacial score (nSPS) is 15.2. The summed E-state index contributed by atoms with van der Waals surface area (Å²) in [6, 6.07) is 20.0. The van der Waals surface area contributed by atoms with Crippen molar-refractivity contribution in [3.05, 3.63) is 87.4 Å². The summed E-state index contributed by atoms with van der Waals surface area (Å²) in [5.74, 6) is 0.416. The molecule has 0 unspecified atom stereocenters. The monoisotopic (exact) mass is 484 g/mol. The van der Waals surface area contributed by atoms with Crippen molar-refractivity contribution in [3.8, 4) is 11.3 Å². The number of hydrazine groups is 1. The maximum atomic E-state index is 12.7. The summed E-state index contributed by atoms with van der Waals surface area (Å²) in [5, 5.41) is 1.08. The van der Waals surface area contributed by atoms with Gasteiger partial charge in [-0.3, -0.25) is 15.0 Å². The molecule has 5 nitrogen and oxygen atoms in total. The number of furan rings is 1. The minimum Gasteiger partial charge on any atom is -0.457 e. The number of hydrogen-bond acceptors (Lipinski definition) is 5. The van der Waals surface area contributed by atoms with Crippen LogP contribution in [-0.2, 0) is 4.79 Å². The summed E-state index contributed by atoms with van der Waals surface area (Å²) >= 11 is 9.76. The van der Waals surface area contributed by atoms with E-state index in [1.54, 1.807) is 36.4 Å². The van der Waals surface area contributed by atoms with Crippen molar-refractivity contribution in [1.82, 2.24) is 10.4 Å². The minimum absolute atomic E-state index is 0.255. The highest BCUT2D eigenvalue weighted by Crippen LogP contribution is 2.33. The molecule has 144 valence electrons. The van der Waals surface area contributed by atoms with Crippen LogP contribution in [0.2, 0.25) is 0 Å². The van der Waals surface area contributed by atoms with Gasteiger partial charge in [0.1, 0.15) is 11.5 Å². The Labute approximate surface area is 184 Å². The Bertz CT molecular complexity index is 1120. The van der Waals surface area contributed by atoms with E-state index in [4.69, 9.17) is 16.6 Å². The quantitative estimate of drug-likeness (QED) is 0.404. The summed E-state index contributed by atoms with van der Waals surface area (Å²) in [7, 11) is 0. The Morgan fingerprint density at radius 1 is 1.07 bits per heavy atom. The smallest absolute Gasteiger partial charge is 0.285 e. The van der Waals surface area contributed by atoms with Crippen LogP contribution in [0.5, 0.6) is 0 Å². The van der Waals surface area contributed by atoms with Gasteiger partial charge in [0.2, 0.25) is 0 Å². The number of carbonyl (C=O) groups is 2. The fraction of sp³-hybridized carbons (Fsp3) is 0. The van der Waals surface area contributed by atoms with Crippen LogP contribution in [0, 0.1) is 0 Å². The van der Waals surface area contributed by atoms with E-state index < -0.39 is 11.8 Å². The number of rotatable bonds is 4. The molecule has 1 aromatic heterocycles. The van der Waals surface area contributed by atoms with Gasteiger partial charge in [0, 0.05) is 21.7 Å².